The van der Waals surface area contributed by atoms with Gasteiger partial charge in [-0.15, -0.1) is 0 Å². The number of halogens is 1. The van der Waals surface area contributed by atoms with Gasteiger partial charge in [0.1, 0.15) is 11.9 Å². The van der Waals surface area contributed by atoms with E-state index in [9.17, 15) is 19.1 Å². The molecule has 2 rings (SSSR count). The fraction of sp³-hybridized carbons (Fsp3) is 0.467. The van der Waals surface area contributed by atoms with E-state index in [4.69, 9.17) is 0 Å². The highest BCUT2D eigenvalue weighted by molar-refractivity contribution is 5.83. The number of carboxylic acid groups (broad SMARTS) is 1. The van der Waals surface area contributed by atoms with Crippen LogP contribution in [0.4, 0.5) is 9.18 Å². The molecule has 1 aromatic carbocycles. The molecule has 21 heavy (non-hydrogen) atoms. The smallest absolute Gasteiger partial charge is 0.326 e. The van der Waals surface area contributed by atoms with Gasteiger partial charge in [0.15, 0.2) is 0 Å². The number of hydrogen-bond acceptors (Lipinski definition) is 2. The zero-order chi connectivity index (χ0) is 15.6. The third kappa shape index (κ3) is 3.15. The van der Waals surface area contributed by atoms with Gasteiger partial charge in [-0.2, -0.15) is 0 Å². The first kappa shape index (κ1) is 15.3. The van der Waals surface area contributed by atoms with Crippen LogP contribution in [0.2, 0.25) is 0 Å². The highest BCUT2D eigenvalue weighted by atomic mass is 19.1. The van der Waals surface area contributed by atoms with Crippen LogP contribution in [0.1, 0.15) is 31.9 Å². The van der Waals surface area contributed by atoms with Crippen molar-refractivity contribution in [2.24, 2.45) is 5.92 Å². The molecule has 1 aliphatic rings. The minimum absolute atomic E-state index is 0.0861. The number of aliphatic carboxylic acids is 1. The van der Waals surface area contributed by atoms with Gasteiger partial charge in [-0.3, -0.25) is 0 Å². The summed E-state index contributed by atoms with van der Waals surface area (Å²) in [6.45, 7) is 3.88. The minimum atomic E-state index is -1.01. The van der Waals surface area contributed by atoms with Gasteiger partial charge in [0.25, 0.3) is 0 Å². The summed E-state index contributed by atoms with van der Waals surface area (Å²) in [6.07, 6.45) is 0.651. The molecule has 0 bridgehead atoms. The lowest BCUT2D eigenvalue weighted by molar-refractivity contribution is -0.142. The zero-order valence-electron chi connectivity index (χ0n) is 12.0. The van der Waals surface area contributed by atoms with Crippen LogP contribution in [-0.4, -0.2) is 34.6 Å². The highest BCUT2D eigenvalue weighted by Crippen LogP contribution is 2.25. The van der Waals surface area contributed by atoms with Crippen LogP contribution < -0.4 is 5.32 Å². The van der Waals surface area contributed by atoms with Crippen molar-refractivity contribution in [3.8, 4) is 0 Å². The predicted molar refractivity (Wildman–Crippen MR) is 75.3 cm³/mol. The van der Waals surface area contributed by atoms with E-state index in [-0.39, 0.29) is 5.92 Å². The van der Waals surface area contributed by atoms with E-state index < -0.39 is 29.9 Å². The lowest BCUT2D eigenvalue weighted by atomic mass is 10.0. The maximum Gasteiger partial charge on any atom is 0.326 e. The Morgan fingerprint density at radius 2 is 2.10 bits per heavy atom. The lowest BCUT2D eigenvalue weighted by Gasteiger charge is -2.26. The number of carbonyl (C=O) groups excluding carboxylic acids is 1. The van der Waals surface area contributed by atoms with E-state index >= 15 is 0 Å². The second-order valence-electron chi connectivity index (χ2n) is 5.44. The molecule has 1 aliphatic heterocycles. The number of hydrogen-bond donors (Lipinski definition) is 2. The van der Waals surface area contributed by atoms with E-state index in [1.807, 2.05) is 6.92 Å². The van der Waals surface area contributed by atoms with E-state index in [1.165, 1.54) is 11.0 Å². The Hall–Kier alpha value is -2.11. The SMILES string of the molecule is CC(NC(=O)N1CCC(C)C1C(=O)O)c1ccccc1F. The van der Waals surface area contributed by atoms with E-state index in [0.29, 0.717) is 18.5 Å². The molecular formula is C15H19FN2O3. The molecule has 2 N–H and O–H groups in total. The van der Waals surface area contributed by atoms with Gasteiger partial charge in [0, 0.05) is 12.1 Å². The van der Waals surface area contributed by atoms with E-state index in [2.05, 4.69) is 5.32 Å². The Labute approximate surface area is 122 Å². The fourth-order valence-electron chi connectivity index (χ4n) is 2.72. The van der Waals surface area contributed by atoms with Gasteiger partial charge in [0.05, 0.1) is 6.04 Å². The molecular weight excluding hydrogens is 275 g/mol. The Morgan fingerprint density at radius 1 is 1.43 bits per heavy atom. The molecule has 2 amide bonds. The maximum absolute atomic E-state index is 13.7. The van der Waals surface area contributed by atoms with Crippen LogP contribution in [0.5, 0.6) is 0 Å². The van der Waals surface area contributed by atoms with Crippen LogP contribution in [0, 0.1) is 11.7 Å². The van der Waals surface area contributed by atoms with Crippen LogP contribution in [-0.2, 0) is 4.79 Å². The Kier molecular flexibility index (Phi) is 4.45. The highest BCUT2D eigenvalue weighted by Gasteiger charge is 2.39. The average Bonchev–Trinajstić information content (AvgIpc) is 2.81. The average molecular weight is 294 g/mol. The summed E-state index contributed by atoms with van der Waals surface area (Å²) in [4.78, 5) is 24.8. The number of nitrogens with one attached hydrogen (secondary N) is 1. The van der Waals surface area contributed by atoms with Gasteiger partial charge < -0.3 is 15.3 Å². The lowest BCUT2D eigenvalue weighted by Crippen LogP contribution is -2.48. The fourth-order valence-corrected chi connectivity index (χ4v) is 2.72. The number of benzene rings is 1. The van der Waals surface area contributed by atoms with Gasteiger partial charge in [-0.1, -0.05) is 25.1 Å². The van der Waals surface area contributed by atoms with Gasteiger partial charge in [0.2, 0.25) is 0 Å². The van der Waals surface area contributed by atoms with Crippen molar-refractivity contribution in [1.82, 2.24) is 10.2 Å². The maximum atomic E-state index is 13.7. The Morgan fingerprint density at radius 3 is 2.71 bits per heavy atom. The number of likely N-dealkylation sites (tertiary alicyclic amines) is 1. The third-order valence-corrected chi connectivity index (χ3v) is 3.93. The predicted octanol–water partition coefficient (Wildman–Crippen LogP) is 2.39. The molecule has 0 aromatic heterocycles. The first-order valence-corrected chi connectivity index (χ1v) is 6.96. The molecule has 3 atom stereocenters. The Bertz CT molecular complexity index is 549. The van der Waals surface area contributed by atoms with Crippen molar-refractivity contribution in [3.05, 3.63) is 35.6 Å². The summed E-state index contributed by atoms with van der Waals surface area (Å²) in [5, 5.41) is 11.9. The monoisotopic (exact) mass is 294 g/mol. The largest absolute Gasteiger partial charge is 0.480 e. The normalized spacial score (nSPS) is 22.9. The standard InChI is InChI=1S/C15H19FN2O3/c1-9-7-8-18(13(9)14(19)20)15(21)17-10(2)11-5-3-4-6-12(11)16/h3-6,9-10,13H,7-8H2,1-2H3,(H,17,21)(H,19,20). The van der Waals surface area contributed by atoms with Gasteiger partial charge in [-0.05, 0) is 25.3 Å². The molecule has 0 aliphatic carbocycles. The third-order valence-electron chi connectivity index (χ3n) is 3.93. The summed E-state index contributed by atoms with van der Waals surface area (Å²) in [5.74, 6) is -1.49. The number of urea groups is 1. The molecule has 0 saturated carbocycles. The van der Waals surface area contributed by atoms with Crippen molar-refractivity contribution in [2.75, 3.05) is 6.54 Å². The first-order chi connectivity index (χ1) is 9.91. The topological polar surface area (TPSA) is 69.6 Å². The number of carboxylic acids is 1. The quantitative estimate of drug-likeness (QED) is 0.899. The van der Waals surface area contributed by atoms with Crippen LogP contribution in [0.15, 0.2) is 24.3 Å². The molecule has 1 aromatic rings. The first-order valence-electron chi connectivity index (χ1n) is 6.96. The number of carbonyl (C=O) groups is 2. The van der Waals surface area contributed by atoms with Crippen molar-refractivity contribution >= 4 is 12.0 Å². The molecule has 114 valence electrons. The summed E-state index contributed by atoms with van der Waals surface area (Å²) in [5.41, 5.74) is 0.380. The number of nitrogens with zero attached hydrogens (tertiary/aromatic N) is 1. The Balaban J connectivity index is 2.08. The van der Waals surface area contributed by atoms with E-state index in [1.54, 1.807) is 25.1 Å². The van der Waals surface area contributed by atoms with Crippen LogP contribution in [0.25, 0.3) is 0 Å². The molecule has 0 spiro atoms. The molecule has 0 radical (unpaired) electrons. The van der Waals surface area contributed by atoms with Crippen LogP contribution in [0.3, 0.4) is 0 Å². The molecule has 1 saturated heterocycles. The second kappa shape index (κ2) is 6.11. The number of rotatable bonds is 3. The van der Waals surface area contributed by atoms with Crippen molar-refractivity contribution in [2.45, 2.75) is 32.4 Å². The summed E-state index contributed by atoms with van der Waals surface area (Å²) < 4.78 is 13.7. The second-order valence-corrected chi connectivity index (χ2v) is 5.44. The summed E-state index contributed by atoms with van der Waals surface area (Å²) in [7, 11) is 0. The van der Waals surface area contributed by atoms with Crippen molar-refractivity contribution in [3.63, 3.8) is 0 Å². The summed E-state index contributed by atoms with van der Waals surface area (Å²) >= 11 is 0. The van der Waals surface area contributed by atoms with Gasteiger partial charge >= 0.3 is 12.0 Å². The van der Waals surface area contributed by atoms with Crippen LogP contribution >= 0.6 is 0 Å². The van der Waals surface area contributed by atoms with E-state index in [0.717, 1.165) is 0 Å². The van der Waals surface area contributed by atoms with Crippen molar-refractivity contribution < 1.29 is 19.1 Å². The molecule has 1 fully saturated rings. The molecule has 5 nitrogen and oxygen atoms in total. The molecule has 1 heterocycles. The van der Waals surface area contributed by atoms with Crippen molar-refractivity contribution in [1.29, 1.82) is 0 Å². The zero-order valence-corrected chi connectivity index (χ0v) is 12.0. The molecule has 3 unspecified atom stereocenters. The minimum Gasteiger partial charge on any atom is -0.480 e. The van der Waals surface area contributed by atoms with Gasteiger partial charge in [-0.25, -0.2) is 14.0 Å². The summed E-state index contributed by atoms with van der Waals surface area (Å²) in [6, 6.07) is 4.39. The molecule has 6 heteroatoms. The number of amides is 2.